The summed E-state index contributed by atoms with van der Waals surface area (Å²) >= 11 is 5.99. The number of carbonyl (C=O) groups is 1. The molecule has 128 valence electrons. The smallest absolute Gasteiger partial charge is 0.410 e. The molecule has 1 aromatic heterocycles. The van der Waals surface area contributed by atoms with Crippen LogP contribution in [0.3, 0.4) is 0 Å². The Kier molecular flexibility index (Phi) is 5.81. The standard InChI is InChI=1S/C16H25ClN4O2/c1-12-10-13(17)19-14(18-12)11-20-6-5-7-21(9-8-20)15(22)23-16(2,3)4/h10H,5-9,11H2,1-4H3. The summed E-state index contributed by atoms with van der Waals surface area (Å²) in [4.78, 5) is 24.9. The summed E-state index contributed by atoms with van der Waals surface area (Å²) in [5.41, 5.74) is 0.403. The fraction of sp³-hybridized carbons (Fsp3) is 0.688. The molecule has 23 heavy (non-hydrogen) atoms. The maximum Gasteiger partial charge on any atom is 0.410 e. The molecule has 1 amide bonds. The van der Waals surface area contributed by atoms with Crippen molar-refractivity contribution in [1.82, 2.24) is 19.8 Å². The van der Waals surface area contributed by atoms with E-state index >= 15 is 0 Å². The SMILES string of the molecule is Cc1cc(Cl)nc(CN2CCCN(C(=O)OC(C)(C)C)CC2)n1. The van der Waals surface area contributed by atoms with Crippen LogP contribution in [0, 0.1) is 6.92 Å². The molecule has 1 aliphatic rings. The quantitative estimate of drug-likeness (QED) is 0.775. The number of hydrogen-bond acceptors (Lipinski definition) is 5. The van der Waals surface area contributed by atoms with Gasteiger partial charge in [0.15, 0.2) is 0 Å². The summed E-state index contributed by atoms with van der Waals surface area (Å²) < 4.78 is 5.44. The highest BCUT2D eigenvalue weighted by molar-refractivity contribution is 6.29. The van der Waals surface area contributed by atoms with E-state index in [-0.39, 0.29) is 6.09 Å². The lowest BCUT2D eigenvalue weighted by molar-refractivity contribution is 0.0257. The van der Waals surface area contributed by atoms with Gasteiger partial charge in [0.2, 0.25) is 0 Å². The highest BCUT2D eigenvalue weighted by Crippen LogP contribution is 2.14. The number of hydrogen-bond donors (Lipinski definition) is 0. The Labute approximate surface area is 142 Å². The summed E-state index contributed by atoms with van der Waals surface area (Å²) in [6, 6.07) is 1.75. The fourth-order valence-corrected chi connectivity index (χ4v) is 2.75. The lowest BCUT2D eigenvalue weighted by Crippen LogP contribution is -2.39. The minimum atomic E-state index is -0.463. The van der Waals surface area contributed by atoms with Gasteiger partial charge < -0.3 is 9.64 Å². The van der Waals surface area contributed by atoms with E-state index in [1.54, 1.807) is 11.0 Å². The first kappa shape index (κ1) is 17.9. The maximum absolute atomic E-state index is 12.2. The first-order chi connectivity index (χ1) is 10.7. The molecule has 1 fully saturated rings. The van der Waals surface area contributed by atoms with Crippen molar-refractivity contribution in [2.75, 3.05) is 26.2 Å². The van der Waals surface area contributed by atoms with Gasteiger partial charge in [0.05, 0.1) is 6.54 Å². The molecule has 0 aliphatic carbocycles. The fourth-order valence-electron chi connectivity index (χ4n) is 2.50. The van der Waals surface area contributed by atoms with Crippen LogP contribution in [0.2, 0.25) is 5.15 Å². The molecule has 0 spiro atoms. The Balaban J connectivity index is 1.92. The summed E-state index contributed by atoms with van der Waals surface area (Å²) in [5.74, 6) is 0.723. The zero-order valence-electron chi connectivity index (χ0n) is 14.3. The summed E-state index contributed by atoms with van der Waals surface area (Å²) in [6.07, 6.45) is 0.660. The third kappa shape index (κ3) is 5.95. The molecule has 0 radical (unpaired) electrons. The molecule has 1 saturated heterocycles. The molecule has 2 rings (SSSR count). The molecule has 0 saturated carbocycles. The van der Waals surface area contributed by atoms with Crippen LogP contribution in [0.25, 0.3) is 0 Å². The summed E-state index contributed by atoms with van der Waals surface area (Å²) in [6.45, 7) is 11.2. The van der Waals surface area contributed by atoms with Gasteiger partial charge in [-0.15, -0.1) is 0 Å². The number of aromatic nitrogens is 2. The van der Waals surface area contributed by atoms with E-state index in [1.165, 1.54) is 0 Å². The number of nitrogens with zero attached hydrogens (tertiary/aromatic N) is 4. The number of ether oxygens (including phenoxy) is 1. The molecule has 0 atom stereocenters. The second-order valence-corrected chi connectivity index (χ2v) is 7.23. The van der Waals surface area contributed by atoms with Crippen molar-refractivity contribution in [2.24, 2.45) is 0 Å². The second kappa shape index (κ2) is 7.45. The molecule has 1 aliphatic heterocycles. The minimum Gasteiger partial charge on any atom is -0.444 e. The van der Waals surface area contributed by atoms with Crippen molar-refractivity contribution < 1.29 is 9.53 Å². The van der Waals surface area contributed by atoms with Crippen LogP contribution in [0.1, 0.15) is 38.7 Å². The lowest BCUT2D eigenvalue weighted by Gasteiger charge is -2.26. The van der Waals surface area contributed by atoms with Gasteiger partial charge in [0.25, 0.3) is 0 Å². The first-order valence-electron chi connectivity index (χ1n) is 7.93. The lowest BCUT2D eigenvalue weighted by atomic mass is 10.2. The Hall–Kier alpha value is -1.40. The number of carbonyl (C=O) groups excluding carboxylic acids is 1. The van der Waals surface area contributed by atoms with E-state index in [0.717, 1.165) is 31.0 Å². The van der Waals surface area contributed by atoms with E-state index in [2.05, 4.69) is 14.9 Å². The molecule has 7 heteroatoms. The van der Waals surface area contributed by atoms with Crippen molar-refractivity contribution in [2.45, 2.75) is 46.3 Å². The van der Waals surface area contributed by atoms with Crippen molar-refractivity contribution in [3.8, 4) is 0 Å². The average Bonchev–Trinajstić information content (AvgIpc) is 2.61. The number of aryl methyl sites for hydroxylation is 1. The molecule has 0 unspecified atom stereocenters. The third-order valence-electron chi connectivity index (χ3n) is 3.47. The van der Waals surface area contributed by atoms with Gasteiger partial charge in [-0.1, -0.05) is 11.6 Å². The highest BCUT2D eigenvalue weighted by Gasteiger charge is 2.24. The number of halogens is 1. The van der Waals surface area contributed by atoms with Gasteiger partial charge in [-0.05, 0) is 40.2 Å². The van der Waals surface area contributed by atoms with Gasteiger partial charge in [-0.3, -0.25) is 4.90 Å². The van der Waals surface area contributed by atoms with E-state index < -0.39 is 5.60 Å². The van der Waals surface area contributed by atoms with Gasteiger partial charge in [0.1, 0.15) is 16.6 Å². The van der Waals surface area contributed by atoms with Crippen molar-refractivity contribution >= 4 is 17.7 Å². The average molecular weight is 341 g/mol. The first-order valence-corrected chi connectivity index (χ1v) is 8.31. The van der Waals surface area contributed by atoms with Crippen molar-refractivity contribution in [3.05, 3.63) is 22.7 Å². The Morgan fingerprint density at radius 1 is 1.26 bits per heavy atom. The van der Waals surface area contributed by atoms with Crippen LogP contribution in [0.4, 0.5) is 4.79 Å². The molecular weight excluding hydrogens is 316 g/mol. The predicted octanol–water partition coefficient (Wildman–Crippen LogP) is 2.88. The Morgan fingerprint density at radius 2 is 2.00 bits per heavy atom. The zero-order chi connectivity index (χ0) is 17.0. The van der Waals surface area contributed by atoms with E-state index in [1.807, 2.05) is 27.7 Å². The maximum atomic E-state index is 12.2. The Bertz CT molecular complexity index is 539. The van der Waals surface area contributed by atoms with E-state index in [4.69, 9.17) is 16.3 Å². The van der Waals surface area contributed by atoms with Crippen LogP contribution in [-0.2, 0) is 11.3 Å². The number of rotatable bonds is 2. The molecule has 6 nitrogen and oxygen atoms in total. The third-order valence-corrected chi connectivity index (χ3v) is 3.67. The summed E-state index contributed by atoms with van der Waals surface area (Å²) in [5, 5.41) is 0.470. The second-order valence-electron chi connectivity index (χ2n) is 6.85. The van der Waals surface area contributed by atoms with Gasteiger partial charge in [-0.2, -0.15) is 0 Å². The van der Waals surface area contributed by atoms with E-state index in [0.29, 0.717) is 24.8 Å². The highest BCUT2D eigenvalue weighted by atomic mass is 35.5. The van der Waals surface area contributed by atoms with Crippen LogP contribution in [-0.4, -0.2) is 57.6 Å². The van der Waals surface area contributed by atoms with Crippen LogP contribution >= 0.6 is 11.6 Å². The van der Waals surface area contributed by atoms with Crippen LogP contribution < -0.4 is 0 Å². The van der Waals surface area contributed by atoms with Crippen molar-refractivity contribution in [1.29, 1.82) is 0 Å². The van der Waals surface area contributed by atoms with Crippen LogP contribution in [0.15, 0.2) is 6.07 Å². The normalized spacial score (nSPS) is 17.0. The van der Waals surface area contributed by atoms with E-state index in [9.17, 15) is 4.79 Å². The topological polar surface area (TPSA) is 58.6 Å². The summed E-state index contributed by atoms with van der Waals surface area (Å²) in [7, 11) is 0. The molecular formula is C16H25ClN4O2. The van der Waals surface area contributed by atoms with Gasteiger partial charge in [0, 0.05) is 31.9 Å². The largest absolute Gasteiger partial charge is 0.444 e. The van der Waals surface area contributed by atoms with Gasteiger partial charge >= 0.3 is 6.09 Å². The van der Waals surface area contributed by atoms with Crippen molar-refractivity contribution in [3.63, 3.8) is 0 Å². The monoisotopic (exact) mass is 340 g/mol. The Morgan fingerprint density at radius 3 is 2.65 bits per heavy atom. The molecule has 0 aromatic carbocycles. The van der Waals surface area contributed by atoms with Crippen LogP contribution in [0.5, 0.6) is 0 Å². The van der Waals surface area contributed by atoms with Gasteiger partial charge in [-0.25, -0.2) is 14.8 Å². The molecule has 1 aromatic rings. The number of amides is 1. The molecule has 2 heterocycles. The zero-order valence-corrected chi connectivity index (χ0v) is 15.1. The predicted molar refractivity (Wildman–Crippen MR) is 89.5 cm³/mol. The molecule has 0 N–H and O–H groups in total. The molecule has 0 bridgehead atoms. The minimum absolute atomic E-state index is 0.241.